The Labute approximate surface area is 193 Å². The van der Waals surface area contributed by atoms with Crippen LogP contribution in [-0.4, -0.2) is 85.5 Å². The van der Waals surface area contributed by atoms with Crippen LogP contribution in [0.1, 0.15) is 51.5 Å². The lowest BCUT2D eigenvalue weighted by molar-refractivity contribution is -0.0316. The van der Waals surface area contributed by atoms with Crippen LogP contribution in [0.3, 0.4) is 0 Å². The molecule has 4 atom stereocenters. The molecule has 3 unspecified atom stereocenters. The molecule has 7 heteroatoms. The van der Waals surface area contributed by atoms with E-state index in [-0.39, 0.29) is 18.8 Å². The second-order valence-electron chi connectivity index (χ2n) is 9.46. The van der Waals surface area contributed by atoms with Crippen molar-refractivity contribution < 1.29 is 24.4 Å². The molecule has 2 aliphatic rings. The summed E-state index contributed by atoms with van der Waals surface area (Å²) in [6.07, 6.45) is 5.91. The molecule has 1 saturated heterocycles. The molecule has 1 saturated carbocycles. The van der Waals surface area contributed by atoms with Gasteiger partial charge in [-0.3, -0.25) is 4.90 Å². The summed E-state index contributed by atoms with van der Waals surface area (Å²) in [6.45, 7) is 7.23. The van der Waals surface area contributed by atoms with Crippen LogP contribution in [0.2, 0.25) is 0 Å². The average molecular weight is 451 g/mol. The molecule has 182 valence electrons. The van der Waals surface area contributed by atoms with Crippen molar-refractivity contribution in [3.05, 3.63) is 23.8 Å². The van der Waals surface area contributed by atoms with Crippen molar-refractivity contribution in [2.45, 2.75) is 82.8 Å². The van der Waals surface area contributed by atoms with E-state index in [2.05, 4.69) is 10.2 Å². The third-order valence-corrected chi connectivity index (χ3v) is 6.48. The van der Waals surface area contributed by atoms with Crippen LogP contribution in [0.4, 0.5) is 0 Å². The molecular weight excluding hydrogens is 408 g/mol. The van der Waals surface area contributed by atoms with Gasteiger partial charge < -0.3 is 29.7 Å². The van der Waals surface area contributed by atoms with Crippen molar-refractivity contribution in [1.29, 1.82) is 0 Å². The third kappa shape index (κ3) is 7.59. The summed E-state index contributed by atoms with van der Waals surface area (Å²) >= 11 is 0. The minimum absolute atomic E-state index is 0.182. The number of nitrogens with one attached hydrogen (secondary N) is 1. The Bertz CT molecular complexity index is 686. The molecule has 0 amide bonds. The number of hydrogen-bond donors (Lipinski definition) is 3. The third-order valence-electron chi connectivity index (χ3n) is 6.48. The molecule has 1 aromatic carbocycles. The summed E-state index contributed by atoms with van der Waals surface area (Å²) in [6, 6.07) is 6.70. The van der Waals surface area contributed by atoms with Gasteiger partial charge in [0.15, 0.2) is 11.5 Å². The van der Waals surface area contributed by atoms with E-state index in [1.54, 1.807) is 7.11 Å². The van der Waals surface area contributed by atoms with Crippen molar-refractivity contribution in [3.8, 4) is 11.5 Å². The van der Waals surface area contributed by atoms with Gasteiger partial charge in [-0.1, -0.05) is 32.8 Å². The van der Waals surface area contributed by atoms with Gasteiger partial charge in [-0.25, -0.2) is 0 Å². The zero-order chi connectivity index (χ0) is 22.9. The first kappa shape index (κ1) is 25.2. The average Bonchev–Trinajstić information content (AvgIpc) is 3.23. The highest BCUT2D eigenvalue weighted by Gasteiger charge is 2.34. The fourth-order valence-corrected chi connectivity index (χ4v) is 4.69. The van der Waals surface area contributed by atoms with Crippen LogP contribution >= 0.6 is 0 Å². The number of benzene rings is 1. The molecule has 1 heterocycles. The van der Waals surface area contributed by atoms with Crippen molar-refractivity contribution >= 4 is 0 Å². The smallest absolute Gasteiger partial charge is 0.161 e. The molecule has 0 radical (unpaired) electrons. The maximum Gasteiger partial charge on any atom is 0.161 e. The minimum atomic E-state index is -0.574. The van der Waals surface area contributed by atoms with Crippen LogP contribution in [0, 0.1) is 0 Å². The molecule has 0 aromatic heterocycles. The van der Waals surface area contributed by atoms with E-state index in [0.29, 0.717) is 36.7 Å². The summed E-state index contributed by atoms with van der Waals surface area (Å²) in [5.41, 5.74) is 1.14. The topological polar surface area (TPSA) is 83.4 Å². The Kier molecular flexibility index (Phi) is 10.1. The zero-order valence-electron chi connectivity index (χ0n) is 20.0. The lowest BCUT2D eigenvalue weighted by atomic mass is 9.91. The van der Waals surface area contributed by atoms with Gasteiger partial charge >= 0.3 is 0 Å². The number of nitrogens with zero attached hydrogens (tertiary/aromatic N) is 1. The second-order valence-corrected chi connectivity index (χ2v) is 9.46. The van der Waals surface area contributed by atoms with Crippen LogP contribution < -0.4 is 14.8 Å². The lowest BCUT2D eigenvalue weighted by Gasteiger charge is -2.37. The fraction of sp³-hybridized carbons (Fsp3) is 0.760. The van der Waals surface area contributed by atoms with Crippen LogP contribution in [-0.2, 0) is 11.2 Å². The lowest BCUT2D eigenvalue weighted by Crippen LogP contribution is -2.46. The summed E-state index contributed by atoms with van der Waals surface area (Å²) < 4.78 is 17.6. The molecule has 3 N–H and O–H groups in total. The summed E-state index contributed by atoms with van der Waals surface area (Å²) in [4.78, 5) is 2.43. The molecule has 7 nitrogen and oxygen atoms in total. The van der Waals surface area contributed by atoms with Crippen molar-refractivity contribution in [3.63, 3.8) is 0 Å². The maximum atomic E-state index is 10.1. The van der Waals surface area contributed by atoms with E-state index in [1.807, 2.05) is 32.0 Å². The number of β-amino-alcohol motifs (C(OH)–C–C–N with tert-alkyl or cyclic N) is 1. The summed E-state index contributed by atoms with van der Waals surface area (Å²) in [7, 11) is 1.64. The number of likely N-dealkylation sites (tertiary alicyclic amines) is 1. The molecule has 2 fully saturated rings. The number of aliphatic hydroxyl groups excluding tert-OH is 2. The summed E-state index contributed by atoms with van der Waals surface area (Å²) in [5.74, 6) is 1.31. The SMILES string of the molecule is COc1cc(CCOC2CCCCC2N2CC[C@@H](O)C2)ccc1OCC(O)CNC(C)C. The van der Waals surface area contributed by atoms with Gasteiger partial charge in [0.25, 0.3) is 0 Å². The number of rotatable bonds is 12. The van der Waals surface area contributed by atoms with Crippen molar-refractivity contribution in [2.24, 2.45) is 0 Å². The number of ether oxygens (including phenoxy) is 3. The van der Waals surface area contributed by atoms with Gasteiger partial charge in [0.1, 0.15) is 12.7 Å². The molecule has 0 bridgehead atoms. The van der Waals surface area contributed by atoms with E-state index < -0.39 is 6.10 Å². The van der Waals surface area contributed by atoms with Crippen molar-refractivity contribution in [1.82, 2.24) is 10.2 Å². The van der Waals surface area contributed by atoms with Crippen LogP contribution in [0.15, 0.2) is 18.2 Å². The van der Waals surface area contributed by atoms with Gasteiger partial charge in [0.2, 0.25) is 0 Å². The highest BCUT2D eigenvalue weighted by atomic mass is 16.5. The molecule has 1 aliphatic carbocycles. The second kappa shape index (κ2) is 12.8. The monoisotopic (exact) mass is 450 g/mol. The fourth-order valence-electron chi connectivity index (χ4n) is 4.69. The predicted molar refractivity (Wildman–Crippen MR) is 126 cm³/mol. The van der Waals surface area contributed by atoms with E-state index >= 15 is 0 Å². The minimum Gasteiger partial charge on any atom is -0.493 e. The van der Waals surface area contributed by atoms with Gasteiger partial charge in [-0.05, 0) is 43.4 Å². The highest BCUT2D eigenvalue weighted by molar-refractivity contribution is 5.43. The highest BCUT2D eigenvalue weighted by Crippen LogP contribution is 2.30. The quantitative estimate of drug-likeness (QED) is 0.451. The molecular formula is C25H42N2O5. The molecule has 0 spiro atoms. The van der Waals surface area contributed by atoms with Gasteiger partial charge in [-0.2, -0.15) is 0 Å². The first-order valence-electron chi connectivity index (χ1n) is 12.2. The van der Waals surface area contributed by atoms with E-state index in [1.165, 1.54) is 12.8 Å². The van der Waals surface area contributed by atoms with Gasteiger partial charge in [0.05, 0.1) is 25.9 Å². The Balaban J connectivity index is 1.47. The van der Waals surface area contributed by atoms with Crippen LogP contribution in [0.5, 0.6) is 11.5 Å². The number of aliphatic hydroxyl groups is 2. The van der Waals surface area contributed by atoms with Crippen molar-refractivity contribution in [2.75, 3.05) is 40.0 Å². The predicted octanol–water partition coefficient (Wildman–Crippen LogP) is 2.37. The van der Waals surface area contributed by atoms with E-state index in [0.717, 1.165) is 44.3 Å². The maximum absolute atomic E-state index is 10.1. The van der Waals surface area contributed by atoms with Gasteiger partial charge in [-0.15, -0.1) is 0 Å². The molecule has 3 rings (SSSR count). The first-order chi connectivity index (χ1) is 15.5. The first-order valence-corrected chi connectivity index (χ1v) is 12.2. The van der Waals surface area contributed by atoms with E-state index in [4.69, 9.17) is 14.2 Å². The molecule has 1 aliphatic heterocycles. The standard InChI is InChI=1S/C25H42N2O5/c1-18(2)26-15-21(29)17-32-24-9-8-19(14-25(24)30-3)11-13-31-23-7-5-4-6-22(23)27-12-10-20(28)16-27/h8-9,14,18,20-23,26,28-29H,4-7,10-13,15-17H2,1-3H3/t20-,21?,22?,23?/m1/s1. The van der Waals surface area contributed by atoms with Crippen LogP contribution in [0.25, 0.3) is 0 Å². The van der Waals surface area contributed by atoms with Gasteiger partial charge in [0, 0.05) is 31.7 Å². The Morgan fingerprint density at radius 2 is 1.97 bits per heavy atom. The molecule has 1 aromatic rings. The Morgan fingerprint density at radius 1 is 1.16 bits per heavy atom. The molecule has 32 heavy (non-hydrogen) atoms. The normalized spacial score (nSPS) is 25.2. The Hall–Kier alpha value is -1.38. The number of methoxy groups -OCH3 is 1. The zero-order valence-corrected chi connectivity index (χ0v) is 20.0. The number of hydrogen-bond acceptors (Lipinski definition) is 7. The largest absolute Gasteiger partial charge is 0.493 e. The Morgan fingerprint density at radius 3 is 2.69 bits per heavy atom. The summed E-state index contributed by atoms with van der Waals surface area (Å²) in [5, 5.41) is 23.2. The van der Waals surface area contributed by atoms with E-state index in [9.17, 15) is 10.2 Å².